The molecule has 0 aromatic heterocycles. The van der Waals surface area contributed by atoms with Crippen molar-refractivity contribution in [3.63, 3.8) is 0 Å². The Kier molecular flexibility index (Phi) is 4.48. The third-order valence-electron chi connectivity index (χ3n) is 6.04. The van der Waals surface area contributed by atoms with Gasteiger partial charge in [-0.3, -0.25) is 9.80 Å². The summed E-state index contributed by atoms with van der Waals surface area (Å²) in [6.07, 6.45) is 11.7. The molecule has 0 radical (unpaired) electrons. The molecule has 3 aliphatic rings. The molecule has 1 aliphatic carbocycles. The molecular weight excluding hydrogens is 232 g/mol. The number of hydrogen-bond donors (Lipinski definition) is 0. The molecule has 0 spiro atoms. The highest BCUT2D eigenvalue weighted by Gasteiger charge is 2.37. The van der Waals surface area contributed by atoms with Gasteiger partial charge in [0.1, 0.15) is 0 Å². The third kappa shape index (κ3) is 3.00. The molecule has 0 bridgehead atoms. The number of piperazine rings is 1. The van der Waals surface area contributed by atoms with Crippen LogP contribution in [0.2, 0.25) is 0 Å². The molecule has 19 heavy (non-hydrogen) atoms. The second kappa shape index (κ2) is 6.13. The summed E-state index contributed by atoms with van der Waals surface area (Å²) < 4.78 is 0. The first-order valence-electron chi connectivity index (χ1n) is 8.77. The largest absolute Gasteiger partial charge is 0.298 e. The highest BCUT2D eigenvalue weighted by molar-refractivity contribution is 4.93. The van der Waals surface area contributed by atoms with E-state index in [-0.39, 0.29) is 0 Å². The monoisotopic (exact) mass is 264 g/mol. The second-order valence-corrected chi connectivity index (χ2v) is 7.29. The van der Waals surface area contributed by atoms with Gasteiger partial charge in [-0.25, -0.2) is 0 Å². The molecule has 2 heterocycles. The van der Waals surface area contributed by atoms with Crippen molar-refractivity contribution in [1.82, 2.24) is 9.80 Å². The summed E-state index contributed by atoms with van der Waals surface area (Å²) in [6.45, 7) is 8.92. The Labute approximate surface area is 119 Å². The SMILES string of the molecule is CCC1CCCC(N2CC3CCCCN3CC2C)C1. The lowest BCUT2D eigenvalue weighted by atomic mass is 9.82. The summed E-state index contributed by atoms with van der Waals surface area (Å²) in [4.78, 5) is 5.68. The quantitative estimate of drug-likeness (QED) is 0.753. The van der Waals surface area contributed by atoms with Crippen LogP contribution in [-0.2, 0) is 0 Å². The average Bonchev–Trinajstić information content (AvgIpc) is 2.46. The second-order valence-electron chi connectivity index (χ2n) is 7.29. The van der Waals surface area contributed by atoms with Crippen molar-refractivity contribution in [1.29, 1.82) is 0 Å². The van der Waals surface area contributed by atoms with E-state index in [2.05, 4.69) is 23.6 Å². The maximum absolute atomic E-state index is 2.90. The van der Waals surface area contributed by atoms with Gasteiger partial charge in [-0.2, -0.15) is 0 Å². The third-order valence-corrected chi connectivity index (χ3v) is 6.04. The van der Waals surface area contributed by atoms with Crippen LogP contribution in [0.5, 0.6) is 0 Å². The molecule has 110 valence electrons. The van der Waals surface area contributed by atoms with Crippen LogP contribution >= 0.6 is 0 Å². The molecule has 3 fully saturated rings. The first-order chi connectivity index (χ1) is 9.28. The normalized spacial score (nSPS) is 42.0. The van der Waals surface area contributed by atoms with E-state index in [0.29, 0.717) is 0 Å². The Morgan fingerprint density at radius 1 is 0.947 bits per heavy atom. The first kappa shape index (κ1) is 13.9. The van der Waals surface area contributed by atoms with Crippen molar-refractivity contribution in [3.05, 3.63) is 0 Å². The summed E-state index contributed by atoms with van der Waals surface area (Å²) in [6, 6.07) is 2.57. The van der Waals surface area contributed by atoms with Gasteiger partial charge in [0.25, 0.3) is 0 Å². The summed E-state index contributed by atoms with van der Waals surface area (Å²) in [7, 11) is 0. The molecule has 3 rings (SSSR count). The van der Waals surface area contributed by atoms with Crippen molar-refractivity contribution in [2.45, 2.75) is 83.3 Å². The lowest BCUT2D eigenvalue weighted by molar-refractivity contribution is -0.0213. The number of nitrogens with zero attached hydrogens (tertiary/aromatic N) is 2. The molecule has 2 aliphatic heterocycles. The molecule has 0 amide bonds. The van der Waals surface area contributed by atoms with Gasteiger partial charge in [-0.05, 0) is 45.1 Å². The van der Waals surface area contributed by atoms with Gasteiger partial charge < -0.3 is 0 Å². The topological polar surface area (TPSA) is 6.48 Å². The van der Waals surface area contributed by atoms with Gasteiger partial charge in [-0.15, -0.1) is 0 Å². The maximum Gasteiger partial charge on any atom is 0.0224 e. The molecule has 2 heteroatoms. The van der Waals surface area contributed by atoms with E-state index in [4.69, 9.17) is 0 Å². The van der Waals surface area contributed by atoms with Crippen molar-refractivity contribution >= 4 is 0 Å². The number of rotatable bonds is 2. The molecule has 4 atom stereocenters. The zero-order chi connectivity index (χ0) is 13.2. The van der Waals surface area contributed by atoms with Crippen LogP contribution in [-0.4, -0.2) is 47.6 Å². The fourth-order valence-electron chi connectivity index (χ4n) is 4.82. The zero-order valence-corrected chi connectivity index (χ0v) is 13.0. The van der Waals surface area contributed by atoms with Gasteiger partial charge in [-0.1, -0.05) is 32.6 Å². The minimum absolute atomic E-state index is 0.787. The van der Waals surface area contributed by atoms with Gasteiger partial charge in [0.05, 0.1) is 0 Å². The Bertz CT molecular complexity index is 291. The number of hydrogen-bond acceptors (Lipinski definition) is 2. The summed E-state index contributed by atoms with van der Waals surface area (Å²) in [5, 5.41) is 0. The van der Waals surface area contributed by atoms with Crippen molar-refractivity contribution in [2.24, 2.45) is 5.92 Å². The van der Waals surface area contributed by atoms with E-state index in [9.17, 15) is 0 Å². The van der Waals surface area contributed by atoms with Crippen molar-refractivity contribution < 1.29 is 0 Å². The van der Waals surface area contributed by atoms with E-state index >= 15 is 0 Å². The predicted molar refractivity (Wildman–Crippen MR) is 81.4 cm³/mol. The Morgan fingerprint density at radius 2 is 1.79 bits per heavy atom. The van der Waals surface area contributed by atoms with Crippen LogP contribution in [0.15, 0.2) is 0 Å². The fourth-order valence-corrected chi connectivity index (χ4v) is 4.82. The fraction of sp³-hybridized carbons (Fsp3) is 1.00. The van der Waals surface area contributed by atoms with Gasteiger partial charge in [0.15, 0.2) is 0 Å². The Hall–Kier alpha value is -0.0800. The highest BCUT2D eigenvalue weighted by Crippen LogP contribution is 2.33. The summed E-state index contributed by atoms with van der Waals surface area (Å²) in [5.74, 6) is 1.01. The van der Waals surface area contributed by atoms with Crippen LogP contribution in [0.3, 0.4) is 0 Å². The van der Waals surface area contributed by atoms with Crippen molar-refractivity contribution in [2.75, 3.05) is 19.6 Å². The Morgan fingerprint density at radius 3 is 2.63 bits per heavy atom. The lowest BCUT2D eigenvalue weighted by Gasteiger charge is -2.51. The lowest BCUT2D eigenvalue weighted by Crippen LogP contribution is -2.61. The maximum atomic E-state index is 2.90. The van der Waals surface area contributed by atoms with Gasteiger partial charge >= 0.3 is 0 Å². The minimum atomic E-state index is 0.787. The minimum Gasteiger partial charge on any atom is -0.298 e. The van der Waals surface area contributed by atoms with Crippen LogP contribution in [0.25, 0.3) is 0 Å². The molecule has 1 saturated carbocycles. The van der Waals surface area contributed by atoms with Gasteiger partial charge in [0, 0.05) is 31.2 Å². The molecule has 2 nitrogen and oxygen atoms in total. The van der Waals surface area contributed by atoms with Crippen LogP contribution in [0.1, 0.15) is 65.2 Å². The predicted octanol–water partition coefficient (Wildman–Crippen LogP) is 3.51. The summed E-state index contributed by atoms with van der Waals surface area (Å²) >= 11 is 0. The van der Waals surface area contributed by atoms with E-state index < -0.39 is 0 Å². The smallest absolute Gasteiger partial charge is 0.0224 e. The molecular formula is C17H32N2. The summed E-state index contributed by atoms with van der Waals surface area (Å²) in [5.41, 5.74) is 0. The molecule has 0 aromatic carbocycles. The Balaban J connectivity index is 1.63. The van der Waals surface area contributed by atoms with E-state index in [1.165, 1.54) is 71.0 Å². The number of fused-ring (bicyclic) bond motifs is 1. The van der Waals surface area contributed by atoms with Crippen molar-refractivity contribution in [3.8, 4) is 0 Å². The van der Waals surface area contributed by atoms with Crippen LogP contribution < -0.4 is 0 Å². The molecule has 0 N–H and O–H groups in total. The zero-order valence-electron chi connectivity index (χ0n) is 13.0. The average molecular weight is 264 g/mol. The van der Waals surface area contributed by atoms with E-state index in [1.807, 2.05) is 0 Å². The standard InChI is InChI=1S/C17H32N2/c1-3-15-7-6-9-16(11-15)19-13-17-8-4-5-10-18(17)12-14(19)2/h14-17H,3-13H2,1-2H3. The number of piperidine rings is 1. The van der Waals surface area contributed by atoms with Crippen LogP contribution in [0.4, 0.5) is 0 Å². The molecule has 2 saturated heterocycles. The van der Waals surface area contributed by atoms with Gasteiger partial charge in [0.2, 0.25) is 0 Å². The van der Waals surface area contributed by atoms with Crippen LogP contribution in [0, 0.1) is 5.92 Å². The van der Waals surface area contributed by atoms with E-state index in [1.54, 1.807) is 0 Å². The van der Waals surface area contributed by atoms with E-state index in [0.717, 1.165) is 24.0 Å². The highest BCUT2D eigenvalue weighted by atomic mass is 15.3. The first-order valence-corrected chi connectivity index (χ1v) is 8.77. The molecule has 0 aromatic rings. The molecule has 4 unspecified atom stereocenters.